The number of carbonyl (C=O) groups excluding carboxylic acids is 1. The molecule has 0 aliphatic carbocycles. The molecule has 0 spiro atoms. The molecule has 0 aromatic carbocycles. The van der Waals surface area contributed by atoms with Gasteiger partial charge in [0, 0.05) is 57.4 Å². The van der Waals surface area contributed by atoms with Crippen molar-refractivity contribution in [1.29, 1.82) is 0 Å². The van der Waals surface area contributed by atoms with E-state index in [0.29, 0.717) is 19.8 Å². The lowest BCUT2D eigenvalue weighted by molar-refractivity contribution is -0.137. The fourth-order valence-corrected chi connectivity index (χ4v) is 3.03. The van der Waals surface area contributed by atoms with Gasteiger partial charge in [-0.15, -0.1) is 0 Å². The third-order valence-corrected chi connectivity index (χ3v) is 4.45. The van der Waals surface area contributed by atoms with Crippen LogP contribution < -0.4 is 0 Å². The lowest BCUT2D eigenvalue weighted by Gasteiger charge is -2.35. The van der Waals surface area contributed by atoms with Crippen LogP contribution in [-0.2, 0) is 16.0 Å². The summed E-state index contributed by atoms with van der Waals surface area (Å²) in [5.41, 5.74) is 1.92. The summed E-state index contributed by atoms with van der Waals surface area (Å²) in [6.45, 7) is 3.44. The molecule has 0 unspecified atom stereocenters. The molecular weight excluding hydrogens is 316 g/mol. The molecule has 25 heavy (non-hydrogen) atoms. The van der Waals surface area contributed by atoms with Gasteiger partial charge in [0.1, 0.15) is 6.04 Å². The molecule has 0 bridgehead atoms. The third-order valence-electron chi connectivity index (χ3n) is 4.45. The van der Waals surface area contributed by atoms with Gasteiger partial charge in [0.15, 0.2) is 0 Å². The minimum absolute atomic E-state index is 0.0887. The average Bonchev–Trinajstić information content (AvgIpc) is 2.69. The maximum absolute atomic E-state index is 13.2. The molecule has 1 atom stereocenters. The zero-order valence-electron chi connectivity index (χ0n) is 14.5. The summed E-state index contributed by atoms with van der Waals surface area (Å²) >= 11 is 0. The maximum atomic E-state index is 13.2. The molecule has 0 radical (unpaired) electrons. The van der Waals surface area contributed by atoms with Crippen LogP contribution in [0.2, 0.25) is 0 Å². The normalized spacial score (nSPS) is 16.4. The highest BCUT2D eigenvalue weighted by molar-refractivity contribution is 5.83. The summed E-state index contributed by atoms with van der Waals surface area (Å²) in [6, 6.07) is 9.39. The second-order valence-corrected chi connectivity index (χ2v) is 6.17. The number of rotatable bonds is 6. The fourth-order valence-electron chi connectivity index (χ4n) is 3.03. The Morgan fingerprint density at radius 3 is 2.76 bits per heavy atom. The number of aromatic nitrogens is 2. The van der Waals surface area contributed by atoms with Crippen LogP contribution in [0.15, 0.2) is 48.9 Å². The summed E-state index contributed by atoms with van der Waals surface area (Å²) < 4.78 is 5.44. The molecule has 132 valence electrons. The zero-order chi connectivity index (χ0) is 17.5. The van der Waals surface area contributed by atoms with Gasteiger partial charge in [-0.25, -0.2) is 0 Å². The maximum Gasteiger partial charge on any atom is 0.244 e. The molecule has 2 aromatic rings. The molecule has 1 fully saturated rings. The Kier molecular flexibility index (Phi) is 6.09. The summed E-state index contributed by atoms with van der Waals surface area (Å²) in [7, 11) is 1.86. The first-order chi connectivity index (χ1) is 12.3. The van der Waals surface area contributed by atoms with Crippen LogP contribution in [0.4, 0.5) is 0 Å². The number of hydrogen-bond acceptors (Lipinski definition) is 5. The van der Waals surface area contributed by atoms with Gasteiger partial charge in [-0.2, -0.15) is 0 Å². The number of nitrogens with zero attached hydrogens (tertiary/aromatic N) is 4. The Morgan fingerprint density at radius 2 is 2.08 bits per heavy atom. The van der Waals surface area contributed by atoms with Crippen LogP contribution in [0.1, 0.15) is 17.3 Å². The Hall–Kier alpha value is -2.31. The molecule has 0 N–H and O–H groups in total. The van der Waals surface area contributed by atoms with Crippen molar-refractivity contribution >= 4 is 5.91 Å². The summed E-state index contributed by atoms with van der Waals surface area (Å²) in [6.07, 6.45) is 6.04. The summed E-state index contributed by atoms with van der Waals surface area (Å²) in [4.78, 5) is 25.7. The number of ether oxygens (including phenoxy) is 1. The van der Waals surface area contributed by atoms with Gasteiger partial charge in [-0.1, -0.05) is 12.1 Å². The van der Waals surface area contributed by atoms with Crippen LogP contribution in [-0.4, -0.2) is 65.6 Å². The highest BCUT2D eigenvalue weighted by Gasteiger charge is 2.31. The van der Waals surface area contributed by atoms with Crippen LogP contribution in [0.5, 0.6) is 0 Å². The minimum atomic E-state index is -0.314. The highest BCUT2D eigenvalue weighted by Crippen LogP contribution is 2.23. The van der Waals surface area contributed by atoms with E-state index in [-0.39, 0.29) is 11.9 Å². The topological polar surface area (TPSA) is 58.6 Å². The van der Waals surface area contributed by atoms with Crippen molar-refractivity contribution in [2.24, 2.45) is 0 Å². The lowest BCUT2D eigenvalue weighted by atomic mass is 10.1. The predicted molar refractivity (Wildman–Crippen MR) is 94.9 cm³/mol. The quantitative estimate of drug-likeness (QED) is 0.799. The molecule has 0 saturated carbocycles. The standard InChI is InChI=1S/C19H24N4O2/c1-22(10-7-17-6-2-3-9-21-17)19(24)18(16-5-4-8-20-15-16)23-11-13-25-14-12-23/h2-6,8-9,15,18H,7,10-14H2,1H3/t18-/m0/s1. The van der Waals surface area contributed by atoms with E-state index in [1.807, 2.05) is 37.4 Å². The first-order valence-electron chi connectivity index (χ1n) is 8.62. The van der Waals surface area contributed by atoms with Gasteiger partial charge in [0.05, 0.1) is 13.2 Å². The molecule has 2 aromatic heterocycles. The highest BCUT2D eigenvalue weighted by atomic mass is 16.5. The second-order valence-electron chi connectivity index (χ2n) is 6.17. The fraction of sp³-hybridized carbons (Fsp3) is 0.421. The number of morpholine rings is 1. The molecule has 3 heterocycles. The number of carbonyl (C=O) groups is 1. The van der Waals surface area contributed by atoms with E-state index in [9.17, 15) is 4.79 Å². The Balaban J connectivity index is 1.71. The van der Waals surface area contributed by atoms with E-state index in [1.54, 1.807) is 23.5 Å². The number of amides is 1. The first kappa shape index (κ1) is 17.5. The van der Waals surface area contributed by atoms with Gasteiger partial charge in [-0.3, -0.25) is 19.7 Å². The van der Waals surface area contributed by atoms with Crippen molar-refractivity contribution in [2.45, 2.75) is 12.5 Å². The monoisotopic (exact) mass is 340 g/mol. The van der Waals surface area contributed by atoms with Gasteiger partial charge in [0.25, 0.3) is 0 Å². The van der Waals surface area contributed by atoms with Crippen molar-refractivity contribution in [1.82, 2.24) is 19.8 Å². The van der Waals surface area contributed by atoms with Crippen molar-refractivity contribution in [3.05, 3.63) is 60.2 Å². The van der Waals surface area contributed by atoms with Crippen LogP contribution >= 0.6 is 0 Å². The largest absolute Gasteiger partial charge is 0.379 e. The molecule has 1 aliphatic heterocycles. The average molecular weight is 340 g/mol. The third kappa shape index (κ3) is 4.61. The van der Waals surface area contributed by atoms with E-state index >= 15 is 0 Å². The molecule has 1 aliphatic rings. The smallest absolute Gasteiger partial charge is 0.244 e. The Morgan fingerprint density at radius 1 is 1.24 bits per heavy atom. The Bertz CT molecular complexity index is 660. The van der Waals surface area contributed by atoms with Crippen molar-refractivity contribution < 1.29 is 9.53 Å². The number of likely N-dealkylation sites (N-methyl/N-ethyl adjacent to an activating group) is 1. The van der Waals surface area contributed by atoms with Crippen LogP contribution in [0, 0.1) is 0 Å². The van der Waals surface area contributed by atoms with Crippen molar-refractivity contribution in [3.8, 4) is 0 Å². The second kappa shape index (κ2) is 8.69. The zero-order valence-corrected chi connectivity index (χ0v) is 14.5. The molecule has 6 nitrogen and oxygen atoms in total. The minimum Gasteiger partial charge on any atom is -0.379 e. The lowest BCUT2D eigenvalue weighted by Crippen LogP contribution is -2.46. The van der Waals surface area contributed by atoms with E-state index < -0.39 is 0 Å². The molecule has 1 amide bonds. The van der Waals surface area contributed by atoms with Crippen LogP contribution in [0.3, 0.4) is 0 Å². The van der Waals surface area contributed by atoms with Crippen LogP contribution in [0.25, 0.3) is 0 Å². The van der Waals surface area contributed by atoms with Gasteiger partial charge < -0.3 is 9.64 Å². The van der Waals surface area contributed by atoms with Gasteiger partial charge in [-0.05, 0) is 23.8 Å². The SMILES string of the molecule is CN(CCc1ccccn1)C(=O)[C@H](c1cccnc1)N1CCOCC1. The van der Waals surface area contributed by atoms with E-state index in [2.05, 4.69) is 14.9 Å². The van der Waals surface area contributed by atoms with E-state index in [1.165, 1.54) is 0 Å². The molecular formula is C19H24N4O2. The number of pyridine rings is 2. The number of hydrogen-bond donors (Lipinski definition) is 0. The summed E-state index contributed by atoms with van der Waals surface area (Å²) in [5.74, 6) is 0.0887. The molecule has 6 heteroatoms. The van der Waals surface area contributed by atoms with Gasteiger partial charge in [0.2, 0.25) is 5.91 Å². The van der Waals surface area contributed by atoms with Crippen molar-refractivity contribution in [3.63, 3.8) is 0 Å². The first-order valence-corrected chi connectivity index (χ1v) is 8.62. The van der Waals surface area contributed by atoms with E-state index in [4.69, 9.17) is 4.74 Å². The van der Waals surface area contributed by atoms with Crippen molar-refractivity contribution in [2.75, 3.05) is 39.9 Å². The molecule has 1 saturated heterocycles. The Labute approximate surface area is 148 Å². The van der Waals surface area contributed by atoms with E-state index in [0.717, 1.165) is 30.8 Å². The van der Waals surface area contributed by atoms with Gasteiger partial charge >= 0.3 is 0 Å². The summed E-state index contributed by atoms with van der Waals surface area (Å²) in [5, 5.41) is 0. The molecule has 3 rings (SSSR count). The predicted octanol–water partition coefficient (Wildman–Crippen LogP) is 1.55.